The molecule has 0 spiro atoms. The van der Waals surface area contributed by atoms with E-state index in [-0.39, 0.29) is 10.9 Å². The zero-order valence-electron chi connectivity index (χ0n) is 19.8. The Morgan fingerprint density at radius 3 is 2.29 bits per heavy atom. The quantitative estimate of drug-likeness (QED) is 0.232. The van der Waals surface area contributed by atoms with Gasteiger partial charge in [0.25, 0.3) is 0 Å². The van der Waals surface area contributed by atoms with E-state index in [4.69, 9.17) is 33.3 Å². The molecule has 0 saturated carbocycles. The number of anilines is 2. The van der Waals surface area contributed by atoms with Crippen LogP contribution in [0.4, 0.5) is 16.0 Å². The lowest BCUT2D eigenvalue weighted by molar-refractivity contribution is 0.405. The van der Waals surface area contributed by atoms with Crippen LogP contribution in [-0.2, 0) is 6.42 Å². The van der Waals surface area contributed by atoms with Gasteiger partial charge in [-0.1, -0.05) is 23.7 Å². The van der Waals surface area contributed by atoms with Crippen molar-refractivity contribution in [1.82, 2.24) is 15.3 Å². The molecule has 0 amide bonds. The molecule has 0 bridgehead atoms. The third kappa shape index (κ3) is 7.76. The third-order valence-corrected chi connectivity index (χ3v) is 5.25. The smallest absolute Gasteiger partial charge is 0.229 e. The van der Waals surface area contributed by atoms with Crippen LogP contribution in [0.2, 0.25) is 5.02 Å². The molecule has 3 aromatic rings. The van der Waals surface area contributed by atoms with Gasteiger partial charge in [-0.15, -0.1) is 0 Å². The predicted octanol–water partition coefficient (Wildman–Crippen LogP) is 4.90. The van der Waals surface area contributed by atoms with E-state index < -0.39 is 0 Å². The number of thiocarbonyl (C=S) groups is 1. The van der Waals surface area contributed by atoms with Gasteiger partial charge in [-0.25, -0.2) is 14.4 Å². The van der Waals surface area contributed by atoms with Crippen molar-refractivity contribution in [2.24, 2.45) is 4.99 Å². The number of nitrogens with one attached hydrogen (secondary N) is 3. The summed E-state index contributed by atoms with van der Waals surface area (Å²) in [6.07, 6.45) is 0.600. The predicted molar refractivity (Wildman–Crippen MR) is 141 cm³/mol. The number of aliphatic imine (C=N–C) groups is 1. The normalized spacial score (nSPS) is 11.1. The van der Waals surface area contributed by atoms with Crippen molar-refractivity contribution in [3.05, 3.63) is 70.3 Å². The number of halogens is 2. The molecule has 8 nitrogen and oxygen atoms in total. The monoisotopic (exact) mass is 516 g/mol. The summed E-state index contributed by atoms with van der Waals surface area (Å²) in [6, 6.07) is 11.5. The first kappa shape index (κ1) is 26.1. The maximum atomic E-state index is 13.2. The van der Waals surface area contributed by atoms with Gasteiger partial charge >= 0.3 is 0 Å². The Morgan fingerprint density at radius 2 is 1.66 bits per heavy atom. The summed E-state index contributed by atoms with van der Waals surface area (Å²) in [5.41, 5.74) is 3.13. The van der Waals surface area contributed by atoms with Gasteiger partial charge < -0.3 is 20.1 Å². The molecule has 11 heteroatoms. The number of aryl methyl sites for hydroxylation is 2. The number of ether oxygens (including phenoxy) is 2. The highest BCUT2D eigenvalue weighted by Gasteiger charge is 2.13. The molecule has 0 atom stereocenters. The summed E-state index contributed by atoms with van der Waals surface area (Å²) >= 11 is 11.7. The summed E-state index contributed by atoms with van der Waals surface area (Å²) in [7, 11) is 3.05. The molecular formula is C24H26ClFN6O2S. The van der Waals surface area contributed by atoms with Crippen molar-refractivity contribution in [3.63, 3.8) is 0 Å². The highest BCUT2D eigenvalue weighted by Crippen LogP contribution is 2.35. The minimum atomic E-state index is -0.279. The van der Waals surface area contributed by atoms with Crippen LogP contribution in [-0.4, -0.2) is 41.8 Å². The van der Waals surface area contributed by atoms with Crippen molar-refractivity contribution >= 4 is 46.5 Å². The van der Waals surface area contributed by atoms with Crippen LogP contribution in [0, 0.1) is 19.7 Å². The SMILES string of the molecule is COc1cc(NC(=S)NC(=NCCc2ccc(F)cc2)Nc2nc(C)cc(C)n2)c(OC)cc1Cl. The van der Waals surface area contributed by atoms with Crippen LogP contribution < -0.4 is 25.4 Å². The van der Waals surface area contributed by atoms with Gasteiger partial charge in [-0.2, -0.15) is 0 Å². The summed E-state index contributed by atoms with van der Waals surface area (Å²) in [5.74, 6) is 1.39. The van der Waals surface area contributed by atoms with Gasteiger partial charge in [-0.3, -0.25) is 10.3 Å². The van der Waals surface area contributed by atoms with Crippen LogP contribution in [0.5, 0.6) is 11.5 Å². The first-order valence-electron chi connectivity index (χ1n) is 10.6. The molecule has 184 valence electrons. The third-order valence-electron chi connectivity index (χ3n) is 4.75. The number of benzene rings is 2. The van der Waals surface area contributed by atoms with Crippen molar-refractivity contribution in [2.75, 3.05) is 31.4 Å². The zero-order valence-corrected chi connectivity index (χ0v) is 21.4. The largest absolute Gasteiger partial charge is 0.495 e. The zero-order chi connectivity index (χ0) is 25.4. The second-order valence-corrected chi connectivity index (χ2v) is 8.29. The Bertz CT molecular complexity index is 1200. The Morgan fingerprint density at radius 1 is 1.00 bits per heavy atom. The topological polar surface area (TPSA) is 92.7 Å². The number of nitrogens with zero attached hydrogens (tertiary/aromatic N) is 3. The van der Waals surface area contributed by atoms with Crippen molar-refractivity contribution in [2.45, 2.75) is 20.3 Å². The Hall–Kier alpha value is -3.50. The molecule has 0 radical (unpaired) electrons. The summed E-state index contributed by atoms with van der Waals surface area (Å²) in [6.45, 7) is 4.17. The fraction of sp³-hybridized carbons (Fsp3) is 0.250. The lowest BCUT2D eigenvalue weighted by Crippen LogP contribution is -2.39. The molecular weight excluding hydrogens is 491 g/mol. The van der Waals surface area contributed by atoms with E-state index in [0.717, 1.165) is 17.0 Å². The molecule has 1 aromatic heterocycles. The fourth-order valence-corrected chi connectivity index (χ4v) is 3.60. The average Bonchev–Trinajstić information content (AvgIpc) is 2.80. The number of hydrogen-bond acceptors (Lipinski definition) is 6. The average molecular weight is 517 g/mol. The van der Waals surface area contributed by atoms with Gasteiger partial charge in [0.1, 0.15) is 17.3 Å². The van der Waals surface area contributed by atoms with Crippen molar-refractivity contribution in [3.8, 4) is 11.5 Å². The van der Waals surface area contributed by atoms with E-state index in [0.29, 0.717) is 47.1 Å². The van der Waals surface area contributed by atoms with E-state index in [1.54, 1.807) is 24.3 Å². The van der Waals surface area contributed by atoms with E-state index in [1.165, 1.54) is 26.4 Å². The second kappa shape index (κ2) is 12.3. The van der Waals surface area contributed by atoms with Crippen LogP contribution in [0.15, 0.2) is 47.5 Å². The molecule has 1 heterocycles. The molecule has 3 rings (SSSR count). The maximum absolute atomic E-state index is 13.2. The van der Waals surface area contributed by atoms with Gasteiger partial charge in [0.15, 0.2) is 5.11 Å². The number of rotatable bonds is 7. The van der Waals surface area contributed by atoms with Crippen LogP contribution in [0.1, 0.15) is 17.0 Å². The number of aromatic nitrogens is 2. The fourth-order valence-electron chi connectivity index (χ4n) is 3.17. The molecule has 0 aliphatic heterocycles. The summed E-state index contributed by atoms with van der Waals surface area (Å²) in [4.78, 5) is 13.4. The Balaban J connectivity index is 1.78. The van der Waals surface area contributed by atoms with Crippen molar-refractivity contribution in [1.29, 1.82) is 0 Å². The molecule has 0 aliphatic carbocycles. The lowest BCUT2D eigenvalue weighted by Gasteiger charge is -2.17. The Labute approximate surface area is 214 Å². The van der Waals surface area contributed by atoms with Crippen LogP contribution in [0.3, 0.4) is 0 Å². The lowest BCUT2D eigenvalue weighted by atomic mass is 10.1. The summed E-state index contributed by atoms with van der Waals surface area (Å²) < 4.78 is 23.9. The number of hydrogen-bond donors (Lipinski definition) is 3. The van der Waals surface area contributed by atoms with E-state index in [1.807, 2.05) is 19.9 Å². The van der Waals surface area contributed by atoms with Gasteiger partial charge in [-0.05, 0) is 56.2 Å². The minimum absolute atomic E-state index is 0.241. The molecule has 3 N–H and O–H groups in total. The first-order valence-corrected chi connectivity index (χ1v) is 11.4. The Kier molecular flexibility index (Phi) is 9.16. The summed E-state index contributed by atoms with van der Waals surface area (Å²) in [5, 5.41) is 9.85. The van der Waals surface area contributed by atoms with E-state index in [2.05, 4.69) is 30.9 Å². The molecule has 2 aromatic carbocycles. The van der Waals surface area contributed by atoms with Crippen molar-refractivity contribution < 1.29 is 13.9 Å². The standard InChI is InChI=1S/C24H26ClFN6O2S/c1-14-11-15(2)29-23(28-14)31-22(27-10-9-16-5-7-17(26)8-6-16)32-24(35)30-19-13-20(33-3)18(25)12-21(19)34-4/h5-8,11-13H,9-10H2,1-4H3,(H3,27,28,29,30,31,32,35). The maximum Gasteiger partial charge on any atom is 0.229 e. The van der Waals surface area contributed by atoms with E-state index >= 15 is 0 Å². The molecule has 0 unspecified atom stereocenters. The molecule has 0 fully saturated rings. The van der Waals surface area contributed by atoms with Crippen LogP contribution >= 0.6 is 23.8 Å². The number of methoxy groups -OCH3 is 2. The van der Waals surface area contributed by atoms with Crippen LogP contribution in [0.25, 0.3) is 0 Å². The number of guanidine groups is 1. The van der Waals surface area contributed by atoms with Gasteiger partial charge in [0.2, 0.25) is 11.9 Å². The second-order valence-electron chi connectivity index (χ2n) is 7.47. The van der Waals surface area contributed by atoms with Gasteiger partial charge in [0, 0.05) is 30.1 Å². The molecule has 35 heavy (non-hydrogen) atoms. The highest BCUT2D eigenvalue weighted by atomic mass is 35.5. The van der Waals surface area contributed by atoms with E-state index in [9.17, 15) is 4.39 Å². The molecule has 0 aliphatic rings. The molecule has 0 saturated heterocycles. The highest BCUT2D eigenvalue weighted by molar-refractivity contribution is 7.80. The minimum Gasteiger partial charge on any atom is -0.495 e. The first-order chi connectivity index (χ1) is 16.8. The van der Waals surface area contributed by atoms with Gasteiger partial charge in [0.05, 0.1) is 24.9 Å².